The molecular formula is C89H100N8O13S. The first-order valence-electron chi connectivity index (χ1n) is 36.9. The van der Waals surface area contributed by atoms with Gasteiger partial charge in [0.1, 0.15) is 23.0 Å². The van der Waals surface area contributed by atoms with E-state index in [-0.39, 0.29) is 22.3 Å². The van der Waals surface area contributed by atoms with Crippen molar-refractivity contribution in [3.8, 4) is 46.0 Å². The zero-order valence-corrected chi connectivity index (χ0v) is 64.3. The smallest absolute Gasteiger partial charge is 0.335 e. The Kier molecular flexibility index (Phi) is 37.0. The van der Waals surface area contributed by atoms with E-state index in [1.165, 1.54) is 0 Å². The number of ether oxygens (including phenoxy) is 4. The molecule has 2 aromatic heterocycles. The third-order valence-electron chi connectivity index (χ3n) is 16.1. The summed E-state index contributed by atoms with van der Waals surface area (Å²) < 4.78 is 28.9. The van der Waals surface area contributed by atoms with Gasteiger partial charge < -0.3 is 86.3 Å². The Morgan fingerprint density at radius 3 is 0.910 bits per heavy atom. The average molecular weight is 1520 g/mol. The van der Waals surface area contributed by atoms with Crippen molar-refractivity contribution in [1.82, 2.24) is 0 Å². The molecule has 2 heterocycles. The Hall–Kier alpha value is -13.1. The predicted molar refractivity (Wildman–Crippen MR) is 451 cm³/mol. The molecule has 11 aromatic rings. The number of hydrogen-bond donors (Lipinski definition) is 12. The summed E-state index contributed by atoms with van der Waals surface area (Å²) in [4.78, 5) is 45.9. The van der Waals surface area contributed by atoms with Crippen molar-refractivity contribution in [3.05, 3.63) is 294 Å². The SMILES string of the molecule is CCCCNc1cc(C(=O)O)cc(NC)c1Oc1ccccc1.CCCCNc1cc(C(=O)O)cc(NC)c1Oc1ccccc1.CCCCNc1cc(C(=O)O)cc(NC2=CC=CC2)c1Oc1ccccc1.CCCCNc1cc(C(=O)O)cc(Nc2ccccc2)c1Oc1ccccc1.c1ccoc1.c1ccsc1. The molecule has 9 aromatic carbocycles. The number of carboxylic acids is 4. The average Bonchev–Trinajstić information content (AvgIpc) is 1.72. The predicted octanol–water partition coefficient (Wildman–Crippen LogP) is 23.7. The monoisotopic (exact) mass is 1520 g/mol. The van der Waals surface area contributed by atoms with Gasteiger partial charge in [-0.05, 0) is 164 Å². The number of hydrogen-bond acceptors (Lipinski definition) is 18. The van der Waals surface area contributed by atoms with Gasteiger partial charge in [-0.25, -0.2) is 19.2 Å². The van der Waals surface area contributed by atoms with Crippen LogP contribution in [-0.2, 0) is 0 Å². The molecule has 0 saturated carbocycles. The van der Waals surface area contributed by atoms with Gasteiger partial charge in [-0.15, -0.1) is 0 Å². The number of furan rings is 1. The van der Waals surface area contributed by atoms with E-state index in [0.717, 1.165) is 95.4 Å². The lowest BCUT2D eigenvalue weighted by molar-refractivity contribution is 0.0686. The minimum atomic E-state index is -0.985. The molecule has 0 unspecified atom stereocenters. The lowest BCUT2D eigenvalue weighted by Crippen LogP contribution is -2.08. The fourth-order valence-electron chi connectivity index (χ4n) is 10.4. The first-order valence-corrected chi connectivity index (χ1v) is 37.9. The molecule has 12 rings (SSSR count). The van der Waals surface area contributed by atoms with Crippen molar-refractivity contribution >= 4 is 86.4 Å². The number of nitrogens with one attached hydrogen (secondary N) is 8. The molecule has 111 heavy (non-hydrogen) atoms. The molecule has 1 aliphatic rings. The van der Waals surface area contributed by atoms with E-state index in [0.29, 0.717) is 91.5 Å². The maximum atomic E-state index is 11.7. The van der Waals surface area contributed by atoms with E-state index in [2.05, 4.69) is 74.6 Å². The fourth-order valence-corrected chi connectivity index (χ4v) is 10.9. The van der Waals surface area contributed by atoms with Crippen LogP contribution in [0.25, 0.3) is 0 Å². The fraction of sp³-hybridized carbons (Fsp3) is 0.213. The van der Waals surface area contributed by atoms with Gasteiger partial charge >= 0.3 is 23.9 Å². The molecule has 0 atom stereocenters. The van der Waals surface area contributed by atoms with E-state index in [4.69, 9.17) is 18.9 Å². The van der Waals surface area contributed by atoms with E-state index in [9.17, 15) is 39.6 Å². The highest BCUT2D eigenvalue weighted by Crippen LogP contribution is 2.44. The van der Waals surface area contributed by atoms with Crippen molar-refractivity contribution in [1.29, 1.82) is 0 Å². The number of carbonyl (C=O) groups is 4. The third kappa shape index (κ3) is 29.5. The summed E-state index contributed by atoms with van der Waals surface area (Å²) in [6.45, 7) is 11.4. The number of anilines is 9. The maximum absolute atomic E-state index is 11.7. The lowest BCUT2D eigenvalue weighted by Gasteiger charge is -2.19. The van der Waals surface area contributed by atoms with E-state index in [1.54, 1.807) is 86.5 Å². The summed E-state index contributed by atoms with van der Waals surface area (Å²) in [5.41, 5.74) is 7.83. The third-order valence-corrected chi connectivity index (χ3v) is 16.7. The van der Waals surface area contributed by atoms with Gasteiger partial charge in [-0.2, -0.15) is 11.3 Å². The summed E-state index contributed by atoms with van der Waals surface area (Å²) in [6, 6.07) is 67.9. The largest absolute Gasteiger partial charge is 0.478 e. The molecule has 0 aliphatic heterocycles. The van der Waals surface area contributed by atoms with Crippen LogP contribution in [0.2, 0.25) is 0 Å². The van der Waals surface area contributed by atoms with Gasteiger partial charge in [-0.1, -0.05) is 169 Å². The summed E-state index contributed by atoms with van der Waals surface area (Å²) in [5, 5.41) is 67.6. The Morgan fingerprint density at radius 2 is 0.658 bits per heavy atom. The number of rotatable bonds is 34. The first kappa shape index (κ1) is 85.2. The van der Waals surface area contributed by atoms with Gasteiger partial charge in [0.25, 0.3) is 0 Å². The molecule has 0 amide bonds. The van der Waals surface area contributed by atoms with Crippen LogP contribution in [-0.4, -0.2) is 84.6 Å². The van der Waals surface area contributed by atoms with Gasteiger partial charge in [0, 0.05) is 58.1 Å². The van der Waals surface area contributed by atoms with E-state index < -0.39 is 23.9 Å². The highest BCUT2D eigenvalue weighted by molar-refractivity contribution is 7.07. The molecule has 0 fully saturated rings. The van der Waals surface area contributed by atoms with E-state index in [1.807, 2.05) is 205 Å². The highest BCUT2D eigenvalue weighted by Gasteiger charge is 2.22. The zero-order valence-electron chi connectivity index (χ0n) is 63.5. The van der Waals surface area contributed by atoms with Gasteiger partial charge in [0.05, 0.1) is 80.3 Å². The molecule has 0 radical (unpaired) electrons. The van der Waals surface area contributed by atoms with Crippen LogP contribution >= 0.6 is 11.3 Å². The topological polar surface area (TPSA) is 295 Å². The molecule has 12 N–H and O–H groups in total. The second kappa shape index (κ2) is 48.3. The van der Waals surface area contributed by atoms with Crippen LogP contribution < -0.4 is 61.5 Å². The second-order valence-corrected chi connectivity index (χ2v) is 25.4. The quantitative estimate of drug-likeness (QED) is 0.0167. The Balaban J connectivity index is 0.000000197. The Bertz CT molecular complexity index is 4440. The van der Waals surface area contributed by atoms with Crippen molar-refractivity contribution < 1.29 is 63.0 Å². The minimum Gasteiger partial charge on any atom is -0.478 e. The van der Waals surface area contributed by atoms with E-state index >= 15 is 0 Å². The van der Waals surface area contributed by atoms with Gasteiger partial charge in [0.15, 0.2) is 23.0 Å². The summed E-state index contributed by atoms with van der Waals surface area (Å²) in [5.74, 6) is 1.24. The molecule has 1 aliphatic carbocycles. The van der Waals surface area contributed by atoms with Crippen molar-refractivity contribution in [2.24, 2.45) is 0 Å². The maximum Gasteiger partial charge on any atom is 0.335 e. The first-order chi connectivity index (χ1) is 54.1. The lowest BCUT2D eigenvalue weighted by atomic mass is 10.1. The summed E-state index contributed by atoms with van der Waals surface area (Å²) in [7, 11) is 3.49. The molecule has 0 spiro atoms. The van der Waals surface area contributed by atoms with Crippen LogP contribution in [0, 0.1) is 0 Å². The zero-order chi connectivity index (χ0) is 79.2. The number of carboxylic acid groups (broad SMARTS) is 4. The number of para-hydroxylation sites is 5. The Morgan fingerprint density at radius 1 is 0.369 bits per heavy atom. The van der Waals surface area contributed by atoms with Crippen molar-refractivity contribution in [2.75, 3.05) is 82.8 Å². The number of benzene rings is 9. The molecule has 580 valence electrons. The normalized spacial score (nSPS) is 10.6. The minimum absolute atomic E-state index is 0.192. The van der Waals surface area contributed by atoms with Crippen LogP contribution in [0.15, 0.2) is 276 Å². The van der Waals surface area contributed by atoms with Gasteiger partial charge in [0.2, 0.25) is 0 Å². The van der Waals surface area contributed by atoms with Crippen LogP contribution in [0.5, 0.6) is 46.0 Å². The second-order valence-electron chi connectivity index (χ2n) is 24.6. The number of thiophene rings is 1. The van der Waals surface area contributed by atoms with Crippen molar-refractivity contribution in [2.45, 2.75) is 85.5 Å². The van der Waals surface area contributed by atoms with Gasteiger partial charge in [-0.3, -0.25) is 0 Å². The van der Waals surface area contributed by atoms with Crippen LogP contribution in [0.1, 0.15) is 127 Å². The molecule has 0 bridgehead atoms. The van der Waals surface area contributed by atoms with Crippen molar-refractivity contribution in [3.63, 3.8) is 0 Å². The van der Waals surface area contributed by atoms with Crippen LogP contribution in [0.3, 0.4) is 0 Å². The molecule has 22 heteroatoms. The molecular weight excluding hydrogens is 1420 g/mol. The number of allylic oxidation sites excluding steroid dienone is 3. The highest BCUT2D eigenvalue weighted by atomic mass is 32.1. The standard InChI is InChI=1S/C23H24N2O3.C22H24N2O3.2C18H22N2O3.C4H4O.C4H4S/c1-2-3-14-24-20-15-17(23(26)27)16-21(25-18-10-6-4-7-11-18)22(20)28-19-12-8-5-9-13-19;1-2-3-13-23-19-14-16(22(25)26)15-20(24-17-9-7-8-10-17)21(19)27-18-11-5-4-6-12-18;2*1-3-4-10-20-16-12-13(18(21)22)11-15(19-2)17(16)23-14-8-6-5-7-9-14;2*1-2-4-5-3-1/h4-13,15-16,24-25H,2-3,14H2,1H3,(H,26,27);4-9,11-12,14-15,23-24H,2-3,10,13H2,1H3,(H,25,26);2*5-9,11-12,19-20H,3-4,10H2,1-2H3,(H,21,22);2*1-4H. The Labute approximate surface area is 654 Å². The number of aromatic carboxylic acids is 4. The summed E-state index contributed by atoms with van der Waals surface area (Å²) >= 11 is 1.71. The molecule has 0 saturated heterocycles. The van der Waals surface area contributed by atoms with Crippen LogP contribution in [0.4, 0.5) is 51.2 Å². The molecule has 21 nitrogen and oxygen atoms in total. The summed E-state index contributed by atoms with van der Waals surface area (Å²) in [6.07, 6.45) is 18.2. The number of unbranched alkanes of at least 4 members (excludes halogenated alkanes) is 4.